The van der Waals surface area contributed by atoms with E-state index in [1.54, 1.807) is 6.92 Å². The number of aliphatic imine (C=N–C) groups is 1. The number of thioether (sulfide) groups is 1. The predicted octanol–water partition coefficient (Wildman–Crippen LogP) is 2.81. The van der Waals surface area contributed by atoms with Gasteiger partial charge in [-0.15, -0.1) is 0 Å². The molecule has 1 saturated heterocycles. The molecule has 10 heteroatoms. The van der Waals surface area contributed by atoms with Crippen molar-refractivity contribution in [1.82, 2.24) is 4.90 Å². The van der Waals surface area contributed by atoms with Gasteiger partial charge in [0, 0.05) is 17.2 Å². The van der Waals surface area contributed by atoms with E-state index in [0.29, 0.717) is 5.56 Å². The molecule has 0 saturated carbocycles. The van der Waals surface area contributed by atoms with Crippen LogP contribution in [0, 0.1) is 10.1 Å². The normalized spacial score (nSPS) is 22.2. The van der Waals surface area contributed by atoms with Gasteiger partial charge in [-0.2, -0.15) is 0 Å². The molecule has 8 nitrogen and oxygen atoms in total. The SMILES string of the molecule is CC1=NC2C(=O)N(C(C(=O)OCc3ccc([N+](=O)[O-])cc3)=C(C)Cl)C2S1. The summed E-state index contributed by atoms with van der Waals surface area (Å²) in [7, 11) is 0. The molecule has 0 spiro atoms. The highest BCUT2D eigenvalue weighted by Gasteiger charge is 2.54. The fraction of sp³-hybridized carbons (Fsp3) is 0.312. The number of carbonyl (C=O) groups excluding carboxylic acids is 2. The lowest BCUT2D eigenvalue weighted by molar-refractivity contribution is -0.384. The van der Waals surface area contributed by atoms with E-state index in [-0.39, 0.29) is 34.3 Å². The Kier molecular flexibility index (Phi) is 5.01. The monoisotopic (exact) mass is 395 g/mol. The molecule has 3 rings (SSSR count). The van der Waals surface area contributed by atoms with Gasteiger partial charge in [0.1, 0.15) is 17.7 Å². The van der Waals surface area contributed by atoms with Gasteiger partial charge in [-0.3, -0.25) is 24.8 Å². The van der Waals surface area contributed by atoms with Crippen molar-refractivity contribution in [3.63, 3.8) is 0 Å². The maximum Gasteiger partial charge on any atom is 0.356 e. The zero-order valence-corrected chi connectivity index (χ0v) is 15.4. The summed E-state index contributed by atoms with van der Waals surface area (Å²) >= 11 is 7.44. The Labute approximate surface area is 158 Å². The Bertz CT molecular complexity index is 848. The number of likely N-dealkylation sites (tertiary alicyclic amines) is 1. The van der Waals surface area contributed by atoms with Crippen LogP contribution in [0.25, 0.3) is 0 Å². The number of nitrogens with zero attached hydrogens (tertiary/aromatic N) is 3. The molecule has 2 unspecified atom stereocenters. The van der Waals surface area contributed by atoms with E-state index >= 15 is 0 Å². The van der Waals surface area contributed by atoms with Crippen molar-refractivity contribution in [2.24, 2.45) is 4.99 Å². The maximum absolute atomic E-state index is 12.5. The number of halogens is 1. The van der Waals surface area contributed by atoms with Gasteiger partial charge in [0.25, 0.3) is 11.6 Å². The van der Waals surface area contributed by atoms with E-state index in [1.807, 2.05) is 0 Å². The minimum atomic E-state index is -0.729. The number of hydrogen-bond acceptors (Lipinski definition) is 7. The van der Waals surface area contributed by atoms with Gasteiger partial charge < -0.3 is 4.74 Å². The van der Waals surface area contributed by atoms with Gasteiger partial charge in [-0.05, 0) is 31.5 Å². The van der Waals surface area contributed by atoms with E-state index in [9.17, 15) is 19.7 Å². The first-order valence-electron chi connectivity index (χ1n) is 7.60. The van der Waals surface area contributed by atoms with Crippen LogP contribution in [0.3, 0.4) is 0 Å². The number of nitro groups is 1. The standard InChI is InChI=1S/C16H14ClN3O5S/c1-8(17)13(19-14(21)12-15(19)26-9(2)18-12)16(22)25-7-10-3-5-11(6-4-10)20(23)24/h3-6,12,15H,7H2,1-2H3. The van der Waals surface area contributed by atoms with Crippen molar-refractivity contribution in [1.29, 1.82) is 0 Å². The highest BCUT2D eigenvalue weighted by atomic mass is 35.5. The molecule has 0 N–H and O–H groups in total. The first kappa shape index (κ1) is 18.4. The number of hydrogen-bond donors (Lipinski definition) is 0. The molecule has 0 radical (unpaired) electrons. The minimum absolute atomic E-state index is 0.00257. The van der Waals surface area contributed by atoms with Crippen LogP contribution >= 0.6 is 23.4 Å². The quantitative estimate of drug-likeness (QED) is 0.250. The predicted molar refractivity (Wildman–Crippen MR) is 96.6 cm³/mol. The van der Waals surface area contributed by atoms with E-state index < -0.39 is 16.9 Å². The first-order chi connectivity index (χ1) is 12.3. The van der Waals surface area contributed by atoms with Crippen LogP contribution in [-0.4, -0.2) is 38.2 Å². The van der Waals surface area contributed by atoms with Crippen LogP contribution in [0.4, 0.5) is 5.69 Å². The van der Waals surface area contributed by atoms with Gasteiger partial charge >= 0.3 is 5.97 Å². The number of esters is 1. The molecule has 0 aliphatic carbocycles. The topological polar surface area (TPSA) is 102 Å². The second-order valence-electron chi connectivity index (χ2n) is 5.69. The summed E-state index contributed by atoms with van der Waals surface area (Å²) < 4.78 is 5.24. The summed E-state index contributed by atoms with van der Waals surface area (Å²) in [4.78, 5) is 40.4. The lowest BCUT2D eigenvalue weighted by Crippen LogP contribution is -2.61. The number of ether oxygens (including phenoxy) is 1. The molecule has 2 atom stereocenters. The van der Waals surface area contributed by atoms with E-state index in [2.05, 4.69) is 4.99 Å². The number of allylic oxidation sites excluding steroid dienone is 1. The number of fused-ring (bicyclic) bond motifs is 1. The molecule has 1 aromatic rings. The third-order valence-corrected chi connectivity index (χ3v) is 5.24. The lowest BCUT2D eigenvalue weighted by Gasteiger charge is -2.41. The zero-order chi connectivity index (χ0) is 19.0. The number of amides is 1. The van der Waals surface area contributed by atoms with Crippen LogP contribution in [-0.2, 0) is 20.9 Å². The molecular formula is C16H14ClN3O5S. The smallest absolute Gasteiger partial charge is 0.356 e. The van der Waals surface area contributed by atoms with E-state index in [1.165, 1.54) is 47.9 Å². The number of benzene rings is 1. The molecule has 26 heavy (non-hydrogen) atoms. The van der Waals surface area contributed by atoms with Crippen molar-refractivity contribution >= 4 is 46.0 Å². The number of carbonyl (C=O) groups is 2. The van der Waals surface area contributed by atoms with Gasteiger partial charge in [0.2, 0.25) is 0 Å². The average molecular weight is 396 g/mol. The average Bonchev–Trinajstić information content (AvgIpc) is 2.94. The summed E-state index contributed by atoms with van der Waals surface area (Å²) in [6.45, 7) is 3.22. The first-order valence-corrected chi connectivity index (χ1v) is 8.86. The summed E-state index contributed by atoms with van der Waals surface area (Å²) in [5, 5.41) is 11.3. The van der Waals surface area contributed by atoms with Crippen molar-refractivity contribution in [3.05, 3.63) is 50.7 Å². The van der Waals surface area contributed by atoms with Crippen LogP contribution in [0.5, 0.6) is 0 Å². The van der Waals surface area contributed by atoms with Crippen molar-refractivity contribution in [2.45, 2.75) is 31.9 Å². The Hall–Kier alpha value is -2.39. The molecular weight excluding hydrogens is 382 g/mol. The van der Waals surface area contributed by atoms with Gasteiger partial charge in [-0.1, -0.05) is 23.4 Å². The van der Waals surface area contributed by atoms with E-state index in [0.717, 1.165) is 5.04 Å². The Morgan fingerprint density at radius 3 is 2.65 bits per heavy atom. The number of β-lactam (4-membered cyclic amide) rings is 1. The summed E-state index contributed by atoms with van der Waals surface area (Å²) in [6.07, 6.45) is 0. The summed E-state index contributed by atoms with van der Waals surface area (Å²) in [6, 6.07) is 5.17. The van der Waals surface area contributed by atoms with Crippen molar-refractivity contribution in [2.75, 3.05) is 0 Å². The van der Waals surface area contributed by atoms with Gasteiger partial charge in [-0.25, -0.2) is 4.79 Å². The van der Waals surface area contributed by atoms with Crippen LogP contribution in [0.15, 0.2) is 40.0 Å². The fourth-order valence-electron chi connectivity index (χ4n) is 2.66. The van der Waals surface area contributed by atoms with Gasteiger partial charge in [0.15, 0.2) is 6.04 Å². The Morgan fingerprint density at radius 2 is 2.08 bits per heavy atom. The molecule has 0 aromatic heterocycles. The van der Waals surface area contributed by atoms with Crippen LogP contribution in [0.1, 0.15) is 19.4 Å². The molecule has 2 aliphatic rings. The van der Waals surface area contributed by atoms with Crippen LogP contribution < -0.4 is 0 Å². The zero-order valence-electron chi connectivity index (χ0n) is 13.8. The van der Waals surface area contributed by atoms with Crippen LogP contribution in [0.2, 0.25) is 0 Å². The lowest BCUT2D eigenvalue weighted by atomic mass is 10.1. The minimum Gasteiger partial charge on any atom is -0.456 e. The van der Waals surface area contributed by atoms with Crippen molar-refractivity contribution < 1.29 is 19.2 Å². The highest BCUT2D eigenvalue weighted by molar-refractivity contribution is 8.14. The molecule has 2 aliphatic heterocycles. The van der Waals surface area contributed by atoms with Crippen molar-refractivity contribution in [3.8, 4) is 0 Å². The summed E-state index contributed by atoms with van der Waals surface area (Å²) in [5.74, 6) is -1.02. The number of nitro benzene ring substituents is 1. The highest BCUT2D eigenvalue weighted by Crippen LogP contribution is 2.42. The van der Waals surface area contributed by atoms with Gasteiger partial charge in [0.05, 0.1) is 9.97 Å². The Balaban J connectivity index is 1.68. The maximum atomic E-state index is 12.5. The molecule has 1 fully saturated rings. The second-order valence-corrected chi connectivity index (χ2v) is 7.57. The summed E-state index contributed by atoms with van der Waals surface area (Å²) in [5.41, 5.74) is 0.526. The second kappa shape index (κ2) is 7.08. The third kappa shape index (κ3) is 3.32. The molecule has 2 heterocycles. The largest absolute Gasteiger partial charge is 0.456 e. The molecule has 1 amide bonds. The third-order valence-electron chi connectivity index (χ3n) is 3.90. The Morgan fingerprint density at radius 1 is 1.42 bits per heavy atom. The number of rotatable bonds is 5. The number of non-ortho nitro benzene ring substituents is 1. The molecule has 0 bridgehead atoms. The molecule has 1 aromatic carbocycles. The molecule has 136 valence electrons. The fourth-order valence-corrected chi connectivity index (χ4v) is 3.97. The van der Waals surface area contributed by atoms with E-state index in [4.69, 9.17) is 16.3 Å².